The molecule has 0 saturated carbocycles. The van der Waals surface area contributed by atoms with Crippen LogP contribution in [0.15, 0.2) is 18.2 Å². The quantitative estimate of drug-likeness (QED) is 0.192. The van der Waals surface area contributed by atoms with Crippen LogP contribution in [0.5, 0.6) is 0 Å². The van der Waals surface area contributed by atoms with E-state index in [2.05, 4.69) is 4.98 Å². The molecule has 0 spiro atoms. The first kappa shape index (κ1) is 29.6. The van der Waals surface area contributed by atoms with Crippen LogP contribution in [0.4, 0.5) is 39.5 Å². The number of nitriles is 5. The number of hydrogen-bond acceptors (Lipinski definition) is 6. The van der Waals surface area contributed by atoms with Gasteiger partial charge in [-0.15, -0.1) is 0 Å². The Labute approximate surface area is 233 Å². The fourth-order valence-corrected chi connectivity index (χ4v) is 4.11. The van der Waals surface area contributed by atoms with Gasteiger partial charge in [-0.3, -0.25) is 0 Å². The van der Waals surface area contributed by atoms with Gasteiger partial charge in [-0.05, 0) is 18.2 Å². The molecule has 0 N–H and O–H groups in total. The monoisotopic (exact) mass is 594 g/mol. The van der Waals surface area contributed by atoms with Crippen molar-refractivity contribution >= 4 is 0 Å². The Hall–Kier alpha value is -6.37. The zero-order valence-corrected chi connectivity index (χ0v) is 20.3. The molecule has 43 heavy (non-hydrogen) atoms. The molecule has 0 atom stereocenters. The van der Waals surface area contributed by atoms with E-state index in [1.807, 2.05) is 0 Å². The van der Waals surface area contributed by atoms with E-state index in [1.165, 1.54) is 12.1 Å². The molecule has 0 radical (unpaired) electrons. The Morgan fingerprint density at radius 1 is 0.395 bits per heavy atom. The SMILES string of the molecule is N#Cc1cc(F)c(-c2nc(-c3c(F)cc(C#N)c(F)c3F)c(C#N)c(-c3c(F)cc(C#N)c(F)c3F)c2C#N)c(F)c1F. The van der Waals surface area contributed by atoms with E-state index in [1.54, 1.807) is 0 Å². The molecule has 0 aliphatic carbocycles. The molecule has 208 valence electrons. The molecule has 0 unspecified atom stereocenters. The van der Waals surface area contributed by atoms with Gasteiger partial charge in [0.05, 0.1) is 55.9 Å². The second kappa shape index (κ2) is 10.9. The molecule has 1 heterocycles. The first-order valence-electron chi connectivity index (χ1n) is 11.0. The number of hydrogen-bond donors (Lipinski definition) is 0. The summed E-state index contributed by atoms with van der Waals surface area (Å²) in [5.41, 5.74) is -15.7. The molecule has 1 aromatic heterocycles. The molecule has 0 amide bonds. The lowest BCUT2D eigenvalue weighted by molar-refractivity contribution is 0.494. The third kappa shape index (κ3) is 4.41. The van der Waals surface area contributed by atoms with Gasteiger partial charge in [0.1, 0.15) is 47.8 Å². The van der Waals surface area contributed by atoms with E-state index in [9.17, 15) is 23.7 Å². The highest BCUT2D eigenvalue weighted by atomic mass is 19.2. The highest BCUT2D eigenvalue weighted by molar-refractivity contribution is 5.90. The summed E-state index contributed by atoms with van der Waals surface area (Å²) in [7, 11) is 0. The number of pyridine rings is 1. The second-order valence-electron chi connectivity index (χ2n) is 8.22. The fraction of sp³-hybridized carbons (Fsp3) is 0. The summed E-state index contributed by atoms with van der Waals surface area (Å²) in [5, 5.41) is 46.6. The van der Waals surface area contributed by atoms with Crippen molar-refractivity contribution in [1.82, 2.24) is 4.98 Å². The van der Waals surface area contributed by atoms with Crippen molar-refractivity contribution < 1.29 is 39.5 Å². The first-order chi connectivity index (χ1) is 20.4. The maximum absolute atomic E-state index is 15.2. The van der Waals surface area contributed by atoms with Gasteiger partial charge in [-0.25, -0.2) is 44.5 Å². The number of halogens is 9. The number of benzene rings is 3. The fourth-order valence-electron chi connectivity index (χ4n) is 4.11. The summed E-state index contributed by atoms with van der Waals surface area (Å²) >= 11 is 0. The Morgan fingerprint density at radius 2 is 0.698 bits per heavy atom. The molecule has 6 nitrogen and oxygen atoms in total. The maximum atomic E-state index is 15.2. The van der Waals surface area contributed by atoms with E-state index < -0.39 is 114 Å². The van der Waals surface area contributed by atoms with Gasteiger partial charge in [0.25, 0.3) is 0 Å². The first-order valence-corrected chi connectivity index (χ1v) is 11.0. The van der Waals surface area contributed by atoms with Crippen molar-refractivity contribution in [2.45, 2.75) is 0 Å². The van der Waals surface area contributed by atoms with Gasteiger partial charge < -0.3 is 0 Å². The average Bonchev–Trinajstić information content (AvgIpc) is 2.98. The van der Waals surface area contributed by atoms with Crippen LogP contribution in [-0.2, 0) is 0 Å². The van der Waals surface area contributed by atoms with Crippen LogP contribution >= 0.6 is 0 Å². The summed E-state index contributed by atoms with van der Waals surface area (Å²) in [6, 6.07) is 6.12. The van der Waals surface area contributed by atoms with Gasteiger partial charge >= 0.3 is 0 Å². The van der Waals surface area contributed by atoms with Gasteiger partial charge in [0.2, 0.25) is 0 Å². The van der Waals surface area contributed by atoms with Crippen LogP contribution in [0.1, 0.15) is 27.8 Å². The van der Waals surface area contributed by atoms with E-state index in [4.69, 9.17) is 15.8 Å². The highest BCUT2D eigenvalue weighted by Crippen LogP contribution is 2.44. The van der Waals surface area contributed by atoms with Crippen LogP contribution in [-0.4, -0.2) is 4.98 Å². The lowest BCUT2D eigenvalue weighted by atomic mass is 9.87. The lowest BCUT2D eigenvalue weighted by Crippen LogP contribution is -2.10. The van der Waals surface area contributed by atoms with Crippen LogP contribution in [0.2, 0.25) is 0 Å². The van der Waals surface area contributed by atoms with E-state index in [0.29, 0.717) is 0 Å². The number of nitrogens with zero attached hydrogens (tertiary/aromatic N) is 6. The molecule has 3 aromatic carbocycles. The minimum absolute atomic E-state index is 0.0981. The molecule has 0 saturated heterocycles. The predicted octanol–water partition coefficient (Wildman–Crippen LogP) is 6.69. The topological polar surface area (TPSA) is 132 Å². The van der Waals surface area contributed by atoms with Crippen molar-refractivity contribution in [2.24, 2.45) is 0 Å². The van der Waals surface area contributed by atoms with Crippen molar-refractivity contribution in [3.8, 4) is 64.0 Å². The maximum Gasteiger partial charge on any atom is 0.177 e. The van der Waals surface area contributed by atoms with E-state index in [-0.39, 0.29) is 18.2 Å². The smallest absolute Gasteiger partial charge is 0.177 e. The van der Waals surface area contributed by atoms with Crippen molar-refractivity contribution in [1.29, 1.82) is 26.3 Å². The molecule has 0 aliphatic heterocycles. The molecule has 0 bridgehead atoms. The Kier molecular flexibility index (Phi) is 7.50. The predicted molar refractivity (Wildman–Crippen MR) is 124 cm³/mol. The van der Waals surface area contributed by atoms with Crippen molar-refractivity contribution in [3.05, 3.63) is 98.4 Å². The lowest BCUT2D eigenvalue weighted by Gasteiger charge is -2.18. The summed E-state index contributed by atoms with van der Waals surface area (Å²) in [5.74, 6) is -18.4. The minimum atomic E-state index is -2.26. The molecule has 0 aliphatic rings. The molecular weight excluding hydrogens is 591 g/mol. The van der Waals surface area contributed by atoms with Crippen LogP contribution in [0.25, 0.3) is 33.6 Å². The summed E-state index contributed by atoms with van der Waals surface area (Å²) in [4.78, 5) is 3.50. The van der Waals surface area contributed by atoms with Gasteiger partial charge in [-0.1, -0.05) is 0 Å². The summed E-state index contributed by atoms with van der Waals surface area (Å²) in [6.07, 6.45) is 0. The molecule has 0 fully saturated rings. The zero-order valence-electron chi connectivity index (χ0n) is 20.3. The minimum Gasteiger partial charge on any atom is -0.245 e. The largest absolute Gasteiger partial charge is 0.245 e. The van der Waals surface area contributed by atoms with Crippen LogP contribution < -0.4 is 0 Å². The third-order valence-corrected chi connectivity index (χ3v) is 5.98. The third-order valence-electron chi connectivity index (χ3n) is 5.98. The van der Waals surface area contributed by atoms with Crippen LogP contribution in [0, 0.1) is 109 Å². The van der Waals surface area contributed by atoms with E-state index in [0.717, 1.165) is 18.2 Å². The molecule has 4 aromatic rings. The molecular formula is C28H3F9N6. The molecule has 4 rings (SSSR count). The van der Waals surface area contributed by atoms with Crippen LogP contribution in [0.3, 0.4) is 0 Å². The normalized spacial score (nSPS) is 10.3. The van der Waals surface area contributed by atoms with Crippen molar-refractivity contribution in [3.63, 3.8) is 0 Å². The summed E-state index contributed by atoms with van der Waals surface area (Å²) < 4.78 is 135. The molecule has 15 heteroatoms. The standard InChI is InChI=1S/C28H3F9N6/c29-14-1-9(4-38)21(32)24(35)18(14)17-12(7-41)27(19-15(30)2-10(5-39)22(33)25(19)36)43-28(13(17)8-42)20-16(31)3-11(6-40)23(34)26(20)37/h1-3H. The van der Waals surface area contributed by atoms with Crippen molar-refractivity contribution in [2.75, 3.05) is 0 Å². The van der Waals surface area contributed by atoms with E-state index >= 15 is 26.3 Å². The number of aromatic nitrogens is 1. The van der Waals surface area contributed by atoms with Gasteiger partial charge in [0, 0.05) is 5.56 Å². The average molecular weight is 594 g/mol. The zero-order chi connectivity index (χ0) is 31.9. The highest BCUT2D eigenvalue weighted by Gasteiger charge is 2.34. The van der Waals surface area contributed by atoms with Gasteiger partial charge in [0.15, 0.2) is 34.9 Å². The second-order valence-corrected chi connectivity index (χ2v) is 8.22. The Morgan fingerprint density at radius 3 is 1.00 bits per heavy atom. The number of rotatable bonds is 3. The Balaban J connectivity index is 2.38. The van der Waals surface area contributed by atoms with Gasteiger partial charge in [-0.2, -0.15) is 26.3 Å². The summed E-state index contributed by atoms with van der Waals surface area (Å²) in [6.45, 7) is 0. The Bertz CT molecular complexity index is 2030.